The van der Waals surface area contributed by atoms with Gasteiger partial charge in [-0.1, -0.05) is 6.42 Å². The number of amides is 1. The number of pyridine rings is 1. The van der Waals surface area contributed by atoms with Crippen molar-refractivity contribution in [1.29, 1.82) is 0 Å². The van der Waals surface area contributed by atoms with Crippen LogP contribution in [0.15, 0.2) is 41.4 Å². The Kier molecular flexibility index (Phi) is 6.52. The molecule has 0 atom stereocenters. The molecule has 4 rings (SSSR count). The molecular weight excluding hydrogens is 419 g/mol. The van der Waals surface area contributed by atoms with E-state index in [0.717, 1.165) is 57.3 Å². The third-order valence-corrected chi connectivity index (χ3v) is 7.73. The van der Waals surface area contributed by atoms with E-state index >= 15 is 0 Å². The second-order valence-electron chi connectivity index (χ2n) is 7.99. The number of nitrogens with zero attached hydrogens (tertiary/aromatic N) is 3. The maximum absolute atomic E-state index is 14.5. The average molecular weight is 447 g/mol. The fraction of sp³-hybridized carbons (Fsp3) is 0.455. The highest BCUT2D eigenvalue weighted by Gasteiger charge is 2.29. The van der Waals surface area contributed by atoms with Gasteiger partial charge in [-0.05, 0) is 62.4 Å². The van der Waals surface area contributed by atoms with Gasteiger partial charge in [0.05, 0.1) is 5.69 Å². The van der Waals surface area contributed by atoms with Crippen molar-refractivity contribution in [3.05, 3.63) is 47.9 Å². The van der Waals surface area contributed by atoms with Gasteiger partial charge in [0.1, 0.15) is 10.7 Å². The van der Waals surface area contributed by atoms with Crippen LogP contribution < -0.4 is 10.2 Å². The first-order chi connectivity index (χ1) is 15.0. The van der Waals surface area contributed by atoms with Crippen LogP contribution in [0.5, 0.6) is 0 Å². The molecule has 0 aliphatic carbocycles. The normalized spacial score (nSPS) is 18.0. The van der Waals surface area contributed by atoms with E-state index in [-0.39, 0.29) is 5.56 Å². The third kappa shape index (κ3) is 4.72. The molecule has 31 heavy (non-hydrogen) atoms. The molecule has 0 saturated carbocycles. The van der Waals surface area contributed by atoms with Crippen molar-refractivity contribution >= 4 is 27.4 Å². The van der Waals surface area contributed by atoms with E-state index < -0.39 is 26.6 Å². The molecule has 166 valence electrons. The van der Waals surface area contributed by atoms with Gasteiger partial charge in [-0.3, -0.25) is 4.79 Å². The number of nitrogens with one attached hydrogen (secondary N) is 1. The second-order valence-corrected chi connectivity index (χ2v) is 9.89. The van der Waals surface area contributed by atoms with E-state index in [9.17, 15) is 17.6 Å². The highest BCUT2D eigenvalue weighted by atomic mass is 32.2. The molecule has 0 bridgehead atoms. The van der Waals surface area contributed by atoms with E-state index in [1.54, 1.807) is 18.3 Å². The molecule has 2 saturated heterocycles. The van der Waals surface area contributed by atoms with Crippen LogP contribution in [0.2, 0.25) is 0 Å². The van der Waals surface area contributed by atoms with Crippen molar-refractivity contribution in [3.8, 4) is 0 Å². The number of hydrogen-bond acceptors (Lipinski definition) is 5. The number of halogens is 1. The monoisotopic (exact) mass is 446 g/mol. The molecule has 1 aromatic heterocycles. The third-order valence-electron chi connectivity index (χ3n) is 5.82. The van der Waals surface area contributed by atoms with Gasteiger partial charge < -0.3 is 10.2 Å². The summed E-state index contributed by atoms with van der Waals surface area (Å²) in [7, 11) is -3.99. The Morgan fingerprint density at radius 2 is 1.65 bits per heavy atom. The number of benzene rings is 1. The van der Waals surface area contributed by atoms with E-state index in [4.69, 9.17) is 0 Å². The van der Waals surface area contributed by atoms with Gasteiger partial charge in [-0.2, -0.15) is 4.31 Å². The fourth-order valence-corrected chi connectivity index (χ4v) is 5.74. The summed E-state index contributed by atoms with van der Waals surface area (Å²) in [5, 5.41) is 2.83. The first kappa shape index (κ1) is 21.7. The van der Waals surface area contributed by atoms with Gasteiger partial charge in [0.2, 0.25) is 10.0 Å². The van der Waals surface area contributed by atoms with Crippen molar-refractivity contribution in [2.24, 2.45) is 0 Å². The van der Waals surface area contributed by atoms with Crippen LogP contribution in [0.25, 0.3) is 0 Å². The summed E-state index contributed by atoms with van der Waals surface area (Å²) in [6.45, 7) is 2.48. The summed E-state index contributed by atoms with van der Waals surface area (Å²) in [5.74, 6) is -0.655. The van der Waals surface area contributed by atoms with Gasteiger partial charge >= 0.3 is 0 Å². The number of piperidine rings is 2. The fourth-order valence-electron chi connectivity index (χ4n) is 4.13. The first-order valence-corrected chi connectivity index (χ1v) is 12.2. The number of anilines is 2. The Labute approximate surface area is 182 Å². The molecule has 9 heteroatoms. The number of sulfonamides is 1. The van der Waals surface area contributed by atoms with Gasteiger partial charge in [0, 0.05) is 37.9 Å². The van der Waals surface area contributed by atoms with Gasteiger partial charge in [0.15, 0.2) is 5.82 Å². The van der Waals surface area contributed by atoms with E-state index in [1.165, 1.54) is 16.8 Å². The zero-order valence-corrected chi connectivity index (χ0v) is 18.2. The molecule has 2 fully saturated rings. The minimum atomic E-state index is -3.99. The minimum Gasteiger partial charge on any atom is -0.355 e. The summed E-state index contributed by atoms with van der Waals surface area (Å²) in [6.07, 6.45) is 7.46. The quantitative estimate of drug-likeness (QED) is 0.758. The smallest absolute Gasteiger partial charge is 0.255 e. The molecule has 1 N–H and O–H groups in total. The maximum Gasteiger partial charge on any atom is 0.255 e. The van der Waals surface area contributed by atoms with Crippen molar-refractivity contribution in [1.82, 2.24) is 9.29 Å². The number of aromatic nitrogens is 1. The van der Waals surface area contributed by atoms with Crippen LogP contribution in [0.3, 0.4) is 0 Å². The van der Waals surface area contributed by atoms with Crippen LogP contribution in [0, 0.1) is 5.82 Å². The highest BCUT2D eigenvalue weighted by molar-refractivity contribution is 7.89. The largest absolute Gasteiger partial charge is 0.355 e. The number of carbonyl (C=O) groups excluding carboxylic acids is 1. The molecule has 2 aliphatic heterocycles. The van der Waals surface area contributed by atoms with Crippen LogP contribution in [-0.2, 0) is 10.0 Å². The summed E-state index contributed by atoms with van der Waals surface area (Å²) in [5.41, 5.74) is 0.643. The van der Waals surface area contributed by atoms with E-state index in [1.807, 2.05) is 0 Å². The van der Waals surface area contributed by atoms with E-state index in [0.29, 0.717) is 24.6 Å². The Balaban J connectivity index is 1.58. The number of hydrogen-bond donors (Lipinski definition) is 1. The van der Waals surface area contributed by atoms with Crippen LogP contribution in [0.4, 0.5) is 15.9 Å². The average Bonchev–Trinajstić information content (AvgIpc) is 2.80. The minimum absolute atomic E-state index is 0.0884. The molecule has 0 spiro atoms. The first-order valence-electron chi connectivity index (χ1n) is 10.8. The SMILES string of the molecule is O=C(Nc1cccnc1N1CCCCC1)c1ccc(F)c(S(=O)(=O)N2CCCCC2)c1. The predicted molar refractivity (Wildman–Crippen MR) is 117 cm³/mol. The lowest BCUT2D eigenvalue weighted by molar-refractivity contribution is 0.102. The summed E-state index contributed by atoms with van der Waals surface area (Å²) in [6, 6.07) is 6.98. The summed E-state index contributed by atoms with van der Waals surface area (Å²) in [4.78, 5) is 19.0. The standard InChI is InChI=1S/C22H27FN4O3S/c23-18-10-9-17(16-20(18)31(29,30)27-14-5-2-6-15-27)22(28)25-19-8-7-11-24-21(19)26-12-3-1-4-13-26/h7-11,16H,1-6,12-15H2,(H,25,28). The topological polar surface area (TPSA) is 82.6 Å². The molecule has 2 aromatic rings. The molecule has 2 aliphatic rings. The second kappa shape index (κ2) is 9.32. The summed E-state index contributed by atoms with van der Waals surface area (Å²) < 4.78 is 41.6. The van der Waals surface area contributed by atoms with Crippen LogP contribution in [0.1, 0.15) is 48.9 Å². The number of carbonyl (C=O) groups is 1. The Morgan fingerprint density at radius 3 is 2.35 bits per heavy atom. The number of rotatable bonds is 5. The van der Waals surface area contributed by atoms with Gasteiger partial charge in [-0.15, -0.1) is 0 Å². The highest BCUT2D eigenvalue weighted by Crippen LogP contribution is 2.28. The molecular formula is C22H27FN4O3S. The molecule has 3 heterocycles. The Hall–Kier alpha value is -2.52. The van der Waals surface area contributed by atoms with Crippen molar-refractivity contribution in [2.75, 3.05) is 36.4 Å². The lowest BCUT2D eigenvalue weighted by Gasteiger charge is -2.29. The summed E-state index contributed by atoms with van der Waals surface area (Å²) >= 11 is 0. The molecule has 1 aromatic carbocycles. The predicted octanol–water partition coefficient (Wildman–Crippen LogP) is 3.64. The molecule has 0 radical (unpaired) electrons. The van der Waals surface area contributed by atoms with Crippen molar-refractivity contribution in [3.63, 3.8) is 0 Å². The lowest BCUT2D eigenvalue weighted by Crippen LogP contribution is -2.36. The van der Waals surface area contributed by atoms with Crippen LogP contribution >= 0.6 is 0 Å². The van der Waals surface area contributed by atoms with Crippen molar-refractivity contribution < 1.29 is 17.6 Å². The molecule has 7 nitrogen and oxygen atoms in total. The Bertz CT molecular complexity index is 1050. The molecule has 0 unspecified atom stereocenters. The molecule has 1 amide bonds. The van der Waals surface area contributed by atoms with Crippen molar-refractivity contribution in [2.45, 2.75) is 43.4 Å². The van der Waals surface area contributed by atoms with E-state index in [2.05, 4.69) is 15.2 Å². The van der Waals surface area contributed by atoms with Crippen LogP contribution in [-0.4, -0.2) is 49.8 Å². The Morgan fingerprint density at radius 1 is 0.968 bits per heavy atom. The van der Waals surface area contributed by atoms with Gasteiger partial charge in [-0.25, -0.2) is 17.8 Å². The lowest BCUT2D eigenvalue weighted by atomic mass is 10.1. The van der Waals surface area contributed by atoms with Gasteiger partial charge in [0.25, 0.3) is 5.91 Å². The zero-order chi connectivity index (χ0) is 21.8. The maximum atomic E-state index is 14.5. The zero-order valence-electron chi connectivity index (χ0n) is 17.4.